The molecule has 7 nitrogen and oxygen atoms in total. The van der Waals surface area contributed by atoms with Gasteiger partial charge in [0.25, 0.3) is 0 Å². The van der Waals surface area contributed by atoms with Gasteiger partial charge < -0.3 is 5.32 Å². The minimum atomic E-state index is -0.230. The number of benzene rings is 1. The molecule has 0 saturated carbocycles. The number of nitrogens with one attached hydrogen (secondary N) is 1. The molecule has 0 unspecified atom stereocenters. The zero-order chi connectivity index (χ0) is 18.7. The fraction of sp³-hybridized carbons (Fsp3) is 0.368. The van der Waals surface area contributed by atoms with Crippen molar-refractivity contribution in [1.29, 1.82) is 0 Å². The first kappa shape index (κ1) is 17.8. The van der Waals surface area contributed by atoms with Crippen molar-refractivity contribution in [3.63, 3.8) is 0 Å². The van der Waals surface area contributed by atoms with Gasteiger partial charge in [-0.2, -0.15) is 0 Å². The van der Waals surface area contributed by atoms with Crippen LogP contribution in [0.2, 0.25) is 0 Å². The van der Waals surface area contributed by atoms with E-state index in [1.807, 2.05) is 32.9 Å². The van der Waals surface area contributed by atoms with Gasteiger partial charge in [-0.05, 0) is 43.5 Å². The van der Waals surface area contributed by atoms with Crippen LogP contribution in [0.15, 0.2) is 35.4 Å². The fourth-order valence-electron chi connectivity index (χ4n) is 2.98. The van der Waals surface area contributed by atoms with Gasteiger partial charge in [0.05, 0.1) is 0 Å². The summed E-state index contributed by atoms with van der Waals surface area (Å²) in [5.74, 6) is 0.587. The van der Waals surface area contributed by atoms with Crippen molar-refractivity contribution in [3.8, 4) is 5.69 Å². The molecule has 0 atom stereocenters. The van der Waals surface area contributed by atoms with Crippen LogP contribution < -0.4 is 10.9 Å². The van der Waals surface area contributed by atoms with E-state index in [0.29, 0.717) is 25.2 Å². The summed E-state index contributed by atoms with van der Waals surface area (Å²) in [5, 5.41) is 11.0. The van der Waals surface area contributed by atoms with Crippen molar-refractivity contribution in [2.75, 3.05) is 6.54 Å². The van der Waals surface area contributed by atoms with Gasteiger partial charge in [0.2, 0.25) is 11.6 Å². The van der Waals surface area contributed by atoms with E-state index >= 15 is 0 Å². The Hall–Kier alpha value is -2.96. The Balaban J connectivity index is 1.89. The highest BCUT2D eigenvalue weighted by molar-refractivity contribution is 5.76. The van der Waals surface area contributed by atoms with E-state index in [9.17, 15) is 9.59 Å². The summed E-state index contributed by atoms with van der Waals surface area (Å²) in [6.45, 7) is 6.67. The van der Waals surface area contributed by atoms with Crippen molar-refractivity contribution in [1.82, 2.24) is 24.5 Å². The van der Waals surface area contributed by atoms with E-state index in [2.05, 4.69) is 21.6 Å². The molecule has 3 aromatic rings. The highest BCUT2D eigenvalue weighted by Crippen LogP contribution is 2.12. The van der Waals surface area contributed by atoms with Gasteiger partial charge in [-0.15, -0.1) is 10.2 Å². The molecule has 1 amide bonds. The summed E-state index contributed by atoms with van der Waals surface area (Å²) in [5.41, 5.74) is 3.01. The Morgan fingerprint density at radius 2 is 1.85 bits per heavy atom. The summed E-state index contributed by atoms with van der Waals surface area (Å²) in [7, 11) is 0. The minimum absolute atomic E-state index is 0.0211. The van der Waals surface area contributed by atoms with Crippen molar-refractivity contribution < 1.29 is 4.79 Å². The maximum Gasteiger partial charge on any atom is 0.300 e. The van der Waals surface area contributed by atoms with Crippen LogP contribution in [-0.2, 0) is 11.2 Å². The standard InChI is InChI=1S/C19H23N5O2/c1-4-7-20-17(25)6-5-16-21-22-18-19(26)23(8-9-24(16)18)15-11-13(2)10-14(3)12-15/h8-12H,4-7H2,1-3H3,(H,20,25). The third-order valence-electron chi connectivity index (χ3n) is 4.17. The number of fused-ring (bicyclic) bond motifs is 1. The summed E-state index contributed by atoms with van der Waals surface area (Å²) in [4.78, 5) is 24.6. The molecule has 0 radical (unpaired) electrons. The second kappa shape index (κ2) is 7.51. The smallest absolute Gasteiger partial charge is 0.300 e. The van der Waals surface area contributed by atoms with Crippen LogP contribution in [-0.4, -0.2) is 31.6 Å². The maximum atomic E-state index is 12.8. The molecule has 0 saturated heterocycles. The van der Waals surface area contributed by atoms with Crippen LogP contribution >= 0.6 is 0 Å². The average Bonchev–Trinajstić information content (AvgIpc) is 3.01. The number of hydrogen-bond acceptors (Lipinski definition) is 4. The summed E-state index contributed by atoms with van der Waals surface area (Å²) in [6.07, 6.45) is 5.14. The molecule has 136 valence electrons. The molecule has 0 bridgehead atoms. The van der Waals surface area contributed by atoms with E-state index in [0.717, 1.165) is 23.2 Å². The Morgan fingerprint density at radius 3 is 2.54 bits per heavy atom. The van der Waals surface area contributed by atoms with Gasteiger partial charge in [-0.3, -0.25) is 18.6 Å². The van der Waals surface area contributed by atoms with Crippen LogP contribution in [0.4, 0.5) is 0 Å². The second-order valence-electron chi connectivity index (χ2n) is 6.48. The maximum absolute atomic E-state index is 12.8. The lowest BCUT2D eigenvalue weighted by Gasteiger charge is -2.09. The summed E-state index contributed by atoms with van der Waals surface area (Å²) < 4.78 is 3.23. The van der Waals surface area contributed by atoms with Crippen molar-refractivity contribution >= 4 is 11.6 Å². The molecule has 1 aromatic carbocycles. The van der Waals surface area contributed by atoms with E-state index in [-0.39, 0.29) is 17.1 Å². The molecule has 3 rings (SSSR count). The first-order chi connectivity index (χ1) is 12.5. The van der Waals surface area contributed by atoms with Gasteiger partial charge in [-0.1, -0.05) is 13.0 Å². The van der Waals surface area contributed by atoms with Gasteiger partial charge in [0.15, 0.2) is 0 Å². The number of carbonyl (C=O) groups is 1. The zero-order valence-corrected chi connectivity index (χ0v) is 15.3. The third kappa shape index (κ3) is 3.66. The van der Waals surface area contributed by atoms with E-state index < -0.39 is 0 Å². The Morgan fingerprint density at radius 1 is 1.12 bits per heavy atom. The SMILES string of the molecule is CCCNC(=O)CCc1nnc2c(=O)n(-c3cc(C)cc(C)c3)ccn12. The van der Waals surface area contributed by atoms with Crippen LogP contribution in [0.5, 0.6) is 0 Å². The van der Waals surface area contributed by atoms with Gasteiger partial charge in [0, 0.05) is 37.5 Å². The lowest BCUT2D eigenvalue weighted by Crippen LogP contribution is -2.24. The number of rotatable bonds is 6. The van der Waals surface area contributed by atoms with E-state index in [1.165, 1.54) is 0 Å². The first-order valence-corrected chi connectivity index (χ1v) is 8.80. The lowest BCUT2D eigenvalue weighted by molar-refractivity contribution is -0.121. The molecule has 1 N–H and O–H groups in total. The normalized spacial score (nSPS) is 11.0. The lowest BCUT2D eigenvalue weighted by atomic mass is 10.1. The predicted molar refractivity (Wildman–Crippen MR) is 99.7 cm³/mol. The molecule has 2 aromatic heterocycles. The molecule has 0 aliphatic heterocycles. The number of aromatic nitrogens is 4. The molecule has 7 heteroatoms. The van der Waals surface area contributed by atoms with Crippen LogP contribution in [0.25, 0.3) is 11.3 Å². The molecular weight excluding hydrogens is 330 g/mol. The largest absolute Gasteiger partial charge is 0.356 e. The molecule has 0 aliphatic carbocycles. The number of aryl methyl sites for hydroxylation is 3. The van der Waals surface area contributed by atoms with E-state index in [1.54, 1.807) is 21.4 Å². The van der Waals surface area contributed by atoms with E-state index in [4.69, 9.17) is 0 Å². The number of amides is 1. The third-order valence-corrected chi connectivity index (χ3v) is 4.17. The number of carbonyl (C=O) groups excluding carboxylic acids is 1. The molecule has 0 fully saturated rings. The average molecular weight is 353 g/mol. The Kier molecular flexibility index (Phi) is 5.16. The van der Waals surface area contributed by atoms with Crippen molar-refractivity contribution in [3.05, 3.63) is 57.9 Å². The first-order valence-electron chi connectivity index (χ1n) is 8.80. The highest BCUT2D eigenvalue weighted by Gasteiger charge is 2.13. The Bertz CT molecular complexity index is 983. The van der Waals surface area contributed by atoms with Gasteiger partial charge >= 0.3 is 5.56 Å². The number of hydrogen-bond donors (Lipinski definition) is 1. The fourth-order valence-corrected chi connectivity index (χ4v) is 2.98. The molecule has 26 heavy (non-hydrogen) atoms. The van der Waals surface area contributed by atoms with Crippen LogP contribution in [0, 0.1) is 13.8 Å². The second-order valence-corrected chi connectivity index (χ2v) is 6.48. The highest BCUT2D eigenvalue weighted by atomic mass is 16.1. The van der Waals surface area contributed by atoms with Crippen LogP contribution in [0.1, 0.15) is 36.7 Å². The Labute approximate surface area is 151 Å². The molecule has 0 spiro atoms. The minimum Gasteiger partial charge on any atom is -0.356 e. The zero-order valence-electron chi connectivity index (χ0n) is 15.3. The summed E-state index contributed by atoms with van der Waals surface area (Å²) in [6, 6.07) is 5.98. The molecule has 2 heterocycles. The number of nitrogens with zero attached hydrogens (tertiary/aromatic N) is 4. The van der Waals surface area contributed by atoms with Crippen molar-refractivity contribution in [2.24, 2.45) is 0 Å². The predicted octanol–water partition coefficient (Wildman–Crippen LogP) is 1.96. The summed E-state index contributed by atoms with van der Waals surface area (Å²) >= 11 is 0. The van der Waals surface area contributed by atoms with Gasteiger partial charge in [0.1, 0.15) is 5.82 Å². The van der Waals surface area contributed by atoms with Gasteiger partial charge in [-0.25, -0.2) is 0 Å². The molecule has 0 aliphatic rings. The topological polar surface area (TPSA) is 81.3 Å². The van der Waals surface area contributed by atoms with Crippen LogP contribution in [0.3, 0.4) is 0 Å². The quantitative estimate of drug-likeness (QED) is 0.734. The molecular formula is C19H23N5O2. The van der Waals surface area contributed by atoms with Crippen molar-refractivity contribution in [2.45, 2.75) is 40.0 Å². The monoisotopic (exact) mass is 353 g/mol.